The Morgan fingerprint density at radius 2 is 2.04 bits per heavy atom. The number of halogens is 1. The molecule has 2 amide bonds. The lowest BCUT2D eigenvalue weighted by Gasteiger charge is -2.38. The van der Waals surface area contributed by atoms with E-state index in [1.807, 2.05) is 0 Å². The Balaban J connectivity index is 1.96. The van der Waals surface area contributed by atoms with Gasteiger partial charge in [-0.2, -0.15) is 0 Å². The first-order valence-corrected chi connectivity index (χ1v) is 7.52. The summed E-state index contributed by atoms with van der Waals surface area (Å²) >= 11 is 0. The molecular weight excluding hydrogens is 301 g/mol. The normalized spacial score (nSPS) is 21.9. The van der Waals surface area contributed by atoms with Crippen LogP contribution in [0.2, 0.25) is 0 Å². The van der Waals surface area contributed by atoms with Crippen LogP contribution >= 0.6 is 0 Å². The van der Waals surface area contributed by atoms with Gasteiger partial charge in [-0.05, 0) is 24.6 Å². The first-order chi connectivity index (χ1) is 10.9. The van der Waals surface area contributed by atoms with Crippen LogP contribution in [0.5, 0.6) is 0 Å². The number of nitrogens with zero attached hydrogens (tertiary/aromatic N) is 2. The largest absolute Gasteiger partial charge is 0.375 e. The Morgan fingerprint density at radius 3 is 2.65 bits per heavy atom. The van der Waals surface area contributed by atoms with E-state index in [1.165, 1.54) is 12.1 Å². The minimum atomic E-state index is -0.605. The number of morpholine rings is 1. The van der Waals surface area contributed by atoms with Crippen molar-refractivity contribution in [2.75, 3.05) is 26.7 Å². The number of nitrogens with two attached hydrogens (primary N) is 1. The van der Waals surface area contributed by atoms with E-state index in [0.29, 0.717) is 19.7 Å². The smallest absolute Gasteiger partial charge is 0.237 e. The van der Waals surface area contributed by atoms with Crippen molar-refractivity contribution in [2.24, 2.45) is 5.73 Å². The zero-order valence-electron chi connectivity index (χ0n) is 13.4. The molecule has 0 spiro atoms. The van der Waals surface area contributed by atoms with Crippen LogP contribution in [0.3, 0.4) is 0 Å². The number of primary amides is 1. The van der Waals surface area contributed by atoms with Gasteiger partial charge in [0.15, 0.2) is 0 Å². The van der Waals surface area contributed by atoms with Crippen LogP contribution in [0.15, 0.2) is 24.3 Å². The van der Waals surface area contributed by atoms with E-state index in [0.717, 1.165) is 5.56 Å². The third kappa shape index (κ3) is 4.49. The van der Waals surface area contributed by atoms with Crippen LogP contribution in [0.1, 0.15) is 12.5 Å². The summed E-state index contributed by atoms with van der Waals surface area (Å²) in [6.45, 7) is 3.18. The van der Waals surface area contributed by atoms with E-state index in [9.17, 15) is 14.0 Å². The van der Waals surface area contributed by atoms with Crippen molar-refractivity contribution in [1.29, 1.82) is 0 Å². The molecule has 0 bridgehead atoms. The molecule has 0 aromatic heterocycles. The molecule has 1 saturated heterocycles. The summed E-state index contributed by atoms with van der Waals surface area (Å²) in [5.74, 6) is -0.935. The van der Waals surface area contributed by atoms with Crippen molar-refractivity contribution in [3.8, 4) is 0 Å². The number of hydrogen-bond donors (Lipinski definition) is 1. The van der Waals surface area contributed by atoms with Crippen LogP contribution in [0.4, 0.5) is 4.39 Å². The summed E-state index contributed by atoms with van der Waals surface area (Å²) in [5, 5.41) is 0. The molecule has 2 rings (SSSR count). The number of hydrogen-bond acceptors (Lipinski definition) is 4. The molecule has 0 aliphatic carbocycles. The number of rotatable bonds is 5. The summed E-state index contributed by atoms with van der Waals surface area (Å²) in [6.07, 6.45) is -0.337. The zero-order chi connectivity index (χ0) is 17.0. The van der Waals surface area contributed by atoms with Gasteiger partial charge in [0.2, 0.25) is 11.8 Å². The number of benzene rings is 1. The van der Waals surface area contributed by atoms with Crippen molar-refractivity contribution in [2.45, 2.75) is 25.6 Å². The first kappa shape index (κ1) is 17.4. The van der Waals surface area contributed by atoms with E-state index in [-0.39, 0.29) is 24.4 Å². The Morgan fingerprint density at radius 1 is 1.39 bits per heavy atom. The summed E-state index contributed by atoms with van der Waals surface area (Å²) in [4.78, 5) is 27.3. The molecule has 6 nitrogen and oxygen atoms in total. The summed E-state index contributed by atoms with van der Waals surface area (Å²) in [7, 11) is 1.68. The predicted octanol–water partition coefficient (Wildman–Crippen LogP) is 0.359. The molecule has 1 aliphatic rings. The highest BCUT2D eigenvalue weighted by molar-refractivity contribution is 5.83. The molecule has 0 saturated carbocycles. The van der Waals surface area contributed by atoms with Gasteiger partial charge in [0.05, 0.1) is 19.3 Å². The Kier molecular flexibility index (Phi) is 5.68. The number of ether oxygens (including phenoxy) is 1. The van der Waals surface area contributed by atoms with Crippen molar-refractivity contribution in [3.63, 3.8) is 0 Å². The number of carbonyl (C=O) groups is 2. The SMILES string of the molecule is C[C@H]1OCCN(CC(=O)N(C)Cc2ccc(F)cc2)[C@@H]1C(N)=O. The lowest BCUT2D eigenvalue weighted by molar-refractivity contribution is -0.142. The van der Waals surface area contributed by atoms with Crippen molar-refractivity contribution in [3.05, 3.63) is 35.6 Å². The standard InChI is InChI=1S/C16H22FN3O3/c1-11-15(16(18)22)20(7-8-23-11)10-14(21)19(2)9-12-3-5-13(17)6-4-12/h3-6,11,15H,7-10H2,1-2H3,(H2,18,22)/t11-,15+/m1/s1. The van der Waals surface area contributed by atoms with Crippen LogP contribution in [-0.4, -0.2) is 60.5 Å². The van der Waals surface area contributed by atoms with Gasteiger partial charge in [0, 0.05) is 20.1 Å². The highest BCUT2D eigenvalue weighted by Gasteiger charge is 2.35. The fourth-order valence-corrected chi connectivity index (χ4v) is 2.72. The number of likely N-dealkylation sites (N-methyl/N-ethyl adjacent to an activating group) is 1. The average Bonchev–Trinajstić information content (AvgIpc) is 2.49. The third-order valence-electron chi connectivity index (χ3n) is 3.99. The maximum absolute atomic E-state index is 12.9. The summed E-state index contributed by atoms with van der Waals surface area (Å²) < 4.78 is 18.3. The van der Waals surface area contributed by atoms with Crippen molar-refractivity contribution >= 4 is 11.8 Å². The Hall–Kier alpha value is -1.99. The van der Waals surface area contributed by atoms with Crippen molar-refractivity contribution in [1.82, 2.24) is 9.80 Å². The number of amides is 2. The Bertz CT molecular complexity index is 564. The second-order valence-electron chi connectivity index (χ2n) is 5.77. The third-order valence-corrected chi connectivity index (χ3v) is 3.99. The fraction of sp³-hybridized carbons (Fsp3) is 0.500. The fourth-order valence-electron chi connectivity index (χ4n) is 2.72. The molecule has 1 aromatic rings. The van der Waals surface area contributed by atoms with Gasteiger partial charge in [0.25, 0.3) is 0 Å². The van der Waals surface area contributed by atoms with Crippen molar-refractivity contribution < 1.29 is 18.7 Å². The summed E-state index contributed by atoms with van der Waals surface area (Å²) in [6, 6.07) is 5.40. The van der Waals surface area contributed by atoms with E-state index < -0.39 is 11.9 Å². The van der Waals surface area contributed by atoms with Gasteiger partial charge in [0.1, 0.15) is 11.9 Å². The van der Waals surface area contributed by atoms with Crippen LogP contribution in [0, 0.1) is 5.82 Å². The van der Waals surface area contributed by atoms with Crippen LogP contribution in [-0.2, 0) is 20.9 Å². The molecule has 1 heterocycles. The lowest BCUT2D eigenvalue weighted by Crippen LogP contribution is -2.58. The molecule has 2 N–H and O–H groups in total. The van der Waals surface area contributed by atoms with Gasteiger partial charge in [-0.1, -0.05) is 12.1 Å². The maximum Gasteiger partial charge on any atom is 0.237 e. The van der Waals surface area contributed by atoms with Gasteiger partial charge in [-0.25, -0.2) is 4.39 Å². The molecule has 1 fully saturated rings. The van der Waals surface area contributed by atoms with E-state index in [1.54, 1.807) is 35.9 Å². The first-order valence-electron chi connectivity index (χ1n) is 7.52. The van der Waals surface area contributed by atoms with Crippen LogP contribution in [0.25, 0.3) is 0 Å². The molecule has 1 aromatic carbocycles. The molecule has 7 heteroatoms. The minimum absolute atomic E-state index is 0.0962. The van der Waals surface area contributed by atoms with Crippen LogP contribution < -0.4 is 5.73 Å². The molecular formula is C16H22FN3O3. The monoisotopic (exact) mass is 323 g/mol. The quantitative estimate of drug-likeness (QED) is 0.849. The Labute approximate surface area is 135 Å². The van der Waals surface area contributed by atoms with E-state index in [2.05, 4.69) is 0 Å². The highest BCUT2D eigenvalue weighted by atomic mass is 19.1. The molecule has 0 radical (unpaired) electrons. The maximum atomic E-state index is 12.9. The predicted molar refractivity (Wildman–Crippen MR) is 82.8 cm³/mol. The molecule has 126 valence electrons. The minimum Gasteiger partial charge on any atom is -0.375 e. The number of carbonyl (C=O) groups excluding carboxylic acids is 2. The zero-order valence-corrected chi connectivity index (χ0v) is 13.4. The van der Waals surface area contributed by atoms with E-state index >= 15 is 0 Å². The van der Waals surface area contributed by atoms with Gasteiger partial charge < -0.3 is 15.4 Å². The highest BCUT2D eigenvalue weighted by Crippen LogP contribution is 2.14. The van der Waals surface area contributed by atoms with Gasteiger partial charge in [-0.15, -0.1) is 0 Å². The van der Waals surface area contributed by atoms with E-state index in [4.69, 9.17) is 10.5 Å². The molecule has 0 unspecified atom stereocenters. The molecule has 1 aliphatic heterocycles. The molecule has 23 heavy (non-hydrogen) atoms. The van der Waals surface area contributed by atoms with Gasteiger partial charge in [-0.3, -0.25) is 14.5 Å². The topological polar surface area (TPSA) is 75.9 Å². The second-order valence-corrected chi connectivity index (χ2v) is 5.77. The van der Waals surface area contributed by atoms with Gasteiger partial charge >= 0.3 is 0 Å². The summed E-state index contributed by atoms with van der Waals surface area (Å²) in [5.41, 5.74) is 6.25. The second kappa shape index (κ2) is 7.52. The lowest BCUT2D eigenvalue weighted by atomic mass is 10.1. The molecule has 2 atom stereocenters. The average molecular weight is 323 g/mol.